The van der Waals surface area contributed by atoms with Crippen LogP contribution in [-0.4, -0.2) is 37.2 Å². The molecule has 1 aromatic carbocycles. The molecule has 6 heteroatoms. The van der Waals surface area contributed by atoms with Crippen LogP contribution in [0.25, 0.3) is 21.3 Å². The molecule has 0 atom stereocenters. The first-order valence-corrected chi connectivity index (χ1v) is 10.5. The van der Waals surface area contributed by atoms with Crippen molar-refractivity contribution in [1.82, 2.24) is 9.97 Å². The lowest BCUT2D eigenvalue weighted by molar-refractivity contribution is -0.920. The largest absolute Gasteiger partial charge is 0.329 e. The van der Waals surface area contributed by atoms with E-state index in [2.05, 4.69) is 36.6 Å². The van der Waals surface area contributed by atoms with Gasteiger partial charge < -0.3 is 4.90 Å². The third-order valence-electron chi connectivity index (χ3n) is 5.51. The highest BCUT2D eigenvalue weighted by Crippen LogP contribution is 2.38. The van der Waals surface area contributed by atoms with Gasteiger partial charge in [0.25, 0.3) is 0 Å². The molecule has 4 rings (SSSR count). The first kappa shape index (κ1) is 18.3. The van der Waals surface area contributed by atoms with E-state index >= 15 is 0 Å². The summed E-state index contributed by atoms with van der Waals surface area (Å²) in [6.07, 6.45) is 2.58. The number of hydrogen-bond donors (Lipinski definition) is 1. The molecule has 0 saturated carbocycles. The molecular weight excluding hydrogens is 356 g/mol. The van der Waals surface area contributed by atoms with Gasteiger partial charge in [0.15, 0.2) is 11.6 Å². The second-order valence-electron chi connectivity index (χ2n) is 7.45. The minimum atomic E-state index is 0.845. The molecule has 1 aliphatic rings. The van der Waals surface area contributed by atoms with Gasteiger partial charge in [-0.1, -0.05) is 37.3 Å². The van der Waals surface area contributed by atoms with Crippen molar-refractivity contribution in [3.63, 3.8) is 0 Å². The van der Waals surface area contributed by atoms with E-state index < -0.39 is 0 Å². The fourth-order valence-corrected chi connectivity index (χ4v) is 4.72. The molecule has 2 aromatic heterocycles. The van der Waals surface area contributed by atoms with E-state index in [9.17, 15) is 0 Å². The van der Waals surface area contributed by atoms with Gasteiger partial charge in [-0.3, -0.25) is 4.84 Å². The molecule has 1 fully saturated rings. The minimum absolute atomic E-state index is 0.845. The molecule has 0 unspecified atom stereocenters. The summed E-state index contributed by atoms with van der Waals surface area (Å²) >= 11 is 1.68. The Balaban J connectivity index is 1.73. The van der Waals surface area contributed by atoms with Crippen LogP contribution in [0.5, 0.6) is 0 Å². The molecule has 0 amide bonds. The van der Waals surface area contributed by atoms with Crippen LogP contribution in [0.1, 0.15) is 25.6 Å². The number of aromatic nitrogens is 2. The molecule has 142 valence electrons. The Morgan fingerprint density at radius 1 is 1.19 bits per heavy atom. The Morgan fingerprint density at radius 2 is 1.93 bits per heavy atom. The van der Waals surface area contributed by atoms with Gasteiger partial charge in [0.1, 0.15) is 11.4 Å². The summed E-state index contributed by atoms with van der Waals surface area (Å²) in [7, 11) is 3.59. The van der Waals surface area contributed by atoms with Gasteiger partial charge in [0.05, 0.1) is 25.6 Å². The highest BCUT2D eigenvalue weighted by Gasteiger charge is 2.23. The maximum absolute atomic E-state index is 5.50. The van der Waals surface area contributed by atoms with Crippen molar-refractivity contribution in [1.29, 1.82) is 0 Å². The fourth-order valence-electron chi connectivity index (χ4n) is 3.76. The second kappa shape index (κ2) is 7.92. The molecular formula is C21H27N4OS+. The second-order valence-corrected chi connectivity index (χ2v) is 8.31. The molecule has 0 bridgehead atoms. The lowest BCUT2D eigenvalue weighted by Gasteiger charge is -2.27. The van der Waals surface area contributed by atoms with E-state index in [1.165, 1.54) is 37.1 Å². The number of quaternary nitrogens is 1. The van der Waals surface area contributed by atoms with E-state index in [-0.39, 0.29) is 0 Å². The van der Waals surface area contributed by atoms with Gasteiger partial charge in [0, 0.05) is 18.0 Å². The van der Waals surface area contributed by atoms with Crippen LogP contribution in [0.2, 0.25) is 0 Å². The van der Waals surface area contributed by atoms with E-state index in [1.54, 1.807) is 28.4 Å². The summed E-state index contributed by atoms with van der Waals surface area (Å²) in [5.74, 6) is 2.60. The molecule has 0 radical (unpaired) electrons. The van der Waals surface area contributed by atoms with Crippen molar-refractivity contribution >= 4 is 27.4 Å². The molecule has 0 spiro atoms. The fraction of sp³-hybridized carbons (Fsp3) is 0.429. The van der Waals surface area contributed by atoms with Crippen LogP contribution in [0, 0.1) is 5.92 Å². The number of nitrogens with one attached hydrogen (secondary N) is 1. The Bertz CT molecular complexity index is 903. The lowest BCUT2D eigenvalue weighted by Crippen LogP contribution is -3.11. The Labute approximate surface area is 164 Å². The van der Waals surface area contributed by atoms with Gasteiger partial charge in [-0.15, -0.1) is 11.3 Å². The smallest absolute Gasteiger partial charge is 0.187 e. The predicted molar refractivity (Wildman–Crippen MR) is 111 cm³/mol. The summed E-state index contributed by atoms with van der Waals surface area (Å²) in [5.41, 5.74) is 2.35. The summed E-state index contributed by atoms with van der Waals surface area (Å²) in [5, 5.41) is 5.00. The summed E-state index contributed by atoms with van der Waals surface area (Å²) in [6, 6.07) is 10.4. The first-order valence-electron chi connectivity index (χ1n) is 9.60. The number of hydrogen-bond acceptors (Lipinski definition) is 5. The average Bonchev–Trinajstić information content (AvgIpc) is 3.13. The number of piperidine rings is 1. The molecule has 1 aliphatic heterocycles. The Kier molecular flexibility index (Phi) is 5.38. The summed E-state index contributed by atoms with van der Waals surface area (Å²) in [4.78, 5) is 18.0. The number of hydroxylamine groups is 1. The van der Waals surface area contributed by atoms with E-state index in [0.29, 0.717) is 0 Å². The number of nitrogens with zero attached hydrogens (tertiary/aromatic N) is 3. The van der Waals surface area contributed by atoms with Gasteiger partial charge >= 0.3 is 0 Å². The van der Waals surface area contributed by atoms with Crippen LogP contribution < -0.4 is 9.96 Å². The number of fused-ring (bicyclic) bond motifs is 1. The molecule has 3 heterocycles. The van der Waals surface area contributed by atoms with E-state index in [1.807, 2.05) is 13.1 Å². The minimum Gasteiger partial charge on any atom is -0.329 e. The normalized spacial score (nSPS) is 20.1. The van der Waals surface area contributed by atoms with Crippen LogP contribution in [-0.2, 0) is 11.4 Å². The lowest BCUT2D eigenvalue weighted by atomic mass is 9.99. The molecule has 1 saturated heterocycles. The van der Waals surface area contributed by atoms with Crippen molar-refractivity contribution in [2.45, 2.75) is 26.3 Å². The first-order chi connectivity index (χ1) is 13.2. The number of anilines is 1. The van der Waals surface area contributed by atoms with Crippen molar-refractivity contribution < 1.29 is 9.74 Å². The zero-order chi connectivity index (χ0) is 18.8. The van der Waals surface area contributed by atoms with E-state index in [4.69, 9.17) is 14.8 Å². The highest BCUT2D eigenvalue weighted by molar-refractivity contribution is 7.17. The molecule has 27 heavy (non-hydrogen) atoms. The van der Waals surface area contributed by atoms with Crippen molar-refractivity contribution in [3.05, 3.63) is 41.5 Å². The number of benzene rings is 1. The summed E-state index contributed by atoms with van der Waals surface area (Å²) in [6.45, 7) is 5.64. The SMILES string of the molecule is CON(C)c1nc(C[NH+]2CCC(C)CC2)nc2scc(-c3ccccc3)c12. The maximum Gasteiger partial charge on any atom is 0.187 e. The van der Waals surface area contributed by atoms with Gasteiger partial charge in [-0.2, -0.15) is 0 Å². The average molecular weight is 384 g/mol. The summed E-state index contributed by atoms with van der Waals surface area (Å²) < 4.78 is 0. The van der Waals surface area contributed by atoms with Crippen LogP contribution >= 0.6 is 11.3 Å². The molecule has 3 aromatic rings. The van der Waals surface area contributed by atoms with Gasteiger partial charge in [0.2, 0.25) is 0 Å². The monoisotopic (exact) mass is 383 g/mol. The van der Waals surface area contributed by atoms with Crippen LogP contribution in [0.3, 0.4) is 0 Å². The topological polar surface area (TPSA) is 42.7 Å². The predicted octanol–water partition coefficient (Wildman–Crippen LogP) is 3.17. The van der Waals surface area contributed by atoms with Gasteiger partial charge in [-0.05, 0) is 24.3 Å². The van der Waals surface area contributed by atoms with Crippen molar-refractivity contribution in [3.8, 4) is 11.1 Å². The van der Waals surface area contributed by atoms with Crippen LogP contribution in [0.4, 0.5) is 5.82 Å². The zero-order valence-electron chi connectivity index (χ0n) is 16.2. The quantitative estimate of drug-likeness (QED) is 0.687. The van der Waals surface area contributed by atoms with E-state index in [0.717, 1.165) is 34.3 Å². The van der Waals surface area contributed by atoms with Crippen LogP contribution in [0.15, 0.2) is 35.7 Å². The molecule has 1 N–H and O–H groups in total. The standard InChI is InChI=1S/C21H26N4OS/c1-15-9-11-25(12-10-15)13-18-22-20(24(2)26-3)19-17(14-27-21(19)23-18)16-7-5-4-6-8-16/h4-8,14-15H,9-13H2,1-3H3/p+1. The molecule has 5 nitrogen and oxygen atoms in total. The molecule has 0 aliphatic carbocycles. The highest BCUT2D eigenvalue weighted by atomic mass is 32.1. The van der Waals surface area contributed by atoms with Crippen molar-refractivity contribution in [2.75, 3.05) is 32.3 Å². The zero-order valence-corrected chi connectivity index (χ0v) is 17.1. The Morgan fingerprint density at radius 3 is 2.63 bits per heavy atom. The number of likely N-dealkylation sites (tertiary alicyclic amines) is 1. The van der Waals surface area contributed by atoms with Gasteiger partial charge in [-0.25, -0.2) is 15.0 Å². The third kappa shape index (κ3) is 3.83. The maximum atomic E-state index is 5.50. The van der Waals surface area contributed by atoms with Crippen molar-refractivity contribution in [2.24, 2.45) is 5.92 Å². The third-order valence-corrected chi connectivity index (χ3v) is 6.38. The Hall–Kier alpha value is -2.02. The number of thiophene rings is 1. The number of rotatable bonds is 5.